The minimum Gasteiger partial charge on any atom is -0.379 e. The number of nitrogens with zero attached hydrogens (tertiary/aromatic N) is 3. The van der Waals surface area contributed by atoms with E-state index in [1.54, 1.807) is 0 Å². The second kappa shape index (κ2) is 6.74. The standard InChI is InChI=1S/C15H20N4O/c1-2-4-15-14(3-1)17-12-13(18-15)11-16-5-6-19-7-9-20-10-8-19/h1-4,12,16H,5-11H2. The van der Waals surface area contributed by atoms with Crippen molar-refractivity contribution in [1.29, 1.82) is 0 Å². The molecule has 0 radical (unpaired) electrons. The van der Waals surface area contributed by atoms with E-state index >= 15 is 0 Å². The number of ether oxygens (including phenoxy) is 1. The summed E-state index contributed by atoms with van der Waals surface area (Å²) in [5, 5.41) is 3.43. The highest BCUT2D eigenvalue weighted by Crippen LogP contribution is 2.08. The lowest BCUT2D eigenvalue weighted by atomic mass is 10.3. The zero-order chi connectivity index (χ0) is 13.6. The van der Waals surface area contributed by atoms with Crippen molar-refractivity contribution in [2.45, 2.75) is 6.54 Å². The average molecular weight is 272 g/mol. The summed E-state index contributed by atoms with van der Waals surface area (Å²) in [5.41, 5.74) is 2.90. The smallest absolute Gasteiger partial charge is 0.0890 e. The summed E-state index contributed by atoms with van der Waals surface area (Å²) < 4.78 is 5.34. The van der Waals surface area contributed by atoms with Crippen molar-refractivity contribution >= 4 is 11.0 Å². The zero-order valence-electron chi connectivity index (χ0n) is 11.6. The SMILES string of the molecule is c1ccc2nc(CNCCN3CCOCC3)cnc2c1. The zero-order valence-corrected chi connectivity index (χ0v) is 11.6. The Balaban J connectivity index is 1.47. The minimum absolute atomic E-state index is 0.766. The third-order valence-corrected chi connectivity index (χ3v) is 3.51. The Bertz CT molecular complexity index is 554. The fourth-order valence-corrected chi connectivity index (χ4v) is 2.36. The highest BCUT2D eigenvalue weighted by molar-refractivity contribution is 5.73. The van der Waals surface area contributed by atoms with Gasteiger partial charge in [-0.05, 0) is 12.1 Å². The van der Waals surface area contributed by atoms with Gasteiger partial charge >= 0.3 is 0 Å². The van der Waals surface area contributed by atoms with Gasteiger partial charge in [0.15, 0.2) is 0 Å². The van der Waals surface area contributed by atoms with Gasteiger partial charge in [-0.2, -0.15) is 0 Å². The van der Waals surface area contributed by atoms with E-state index in [9.17, 15) is 0 Å². The summed E-state index contributed by atoms with van der Waals surface area (Å²) in [6.45, 7) is 6.59. The highest BCUT2D eigenvalue weighted by Gasteiger charge is 2.09. The molecule has 0 bridgehead atoms. The number of nitrogens with one attached hydrogen (secondary N) is 1. The molecule has 0 saturated carbocycles. The number of hydrogen-bond donors (Lipinski definition) is 1. The van der Waals surface area contributed by atoms with Crippen molar-refractivity contribution in [3.05, 3.63) is 36.2 Å². The van der Waals surface area contributed by atoms with Gasteiger partial charge in [0.2, 0.25) is 0 Å². The lowest BCUT2D eigenvalue weighted by Crippen LogP contribution is -2.40. The molecule has 0 aliphatic carbocycles. The molecule has 1 saturated heterocycles. The summed E-state index contributed by atoms with van der Waals surface area (Å²) in [6, 6.07) is 7.96. The van der Waals surface area contributed by atoms with Crippen LogP contribution in [-0.2, 0) is 11.3 Å². The van der Waals surface area contributed by atoms with Crippen LogP contribution >= 0.6 is 0 Å². The minimum atomic E-state index is 0.766. The highest BCUT2D eigenvalue weighted by atomic mass is 16.5. The maximum absolute atomic E-state index is 5.34. The maximum atomic E-state index is 5.34. The van der Waals surface area contributed by atoms with Crippen molar-refractivity contribution in [3.63, 3.8) is 0 Å². The van der Waals surface area contributed by atoms with Gasteiger partial charge in [-0.1, -0.05) is 12.1 Å². The van der Waals surface area contributed by atoms with E-state index in [1.807, 2.05) is 30.5 Å². The van der Waals surface area contributed by atoms with Gasteiger partial charge in [0.25, 0.3) is 0 Å². The Morgan fingerprint density at radius 3 is 2.80 bits per heavy atom. The van der Waals surface area contributed by atoms with Gasteiger partial charge in [-0.25, -0.2) is 4.98 Å². The Morgan fingerprint density at radius 1 is 1.15 bits per heavy atom. The van der Waals surface area contributed by atoms with Gasteiger partial charge in [0.1, 0.15) is 0 Å². The van der Waals surface area contributed by atoms with Crippen LogP contribution in [-0.4, -0.2) is 54.3 Å². The molecule has 1 fully saturated rings. The summed E-state index contributed by atoms with van der Waals surface area (Å²) >= 11 is 0. The first-order valence-electron chi connectivity index (χ1n) is 7.13. The van der Waals surface area contributed by atoms with E-state index in [2.05, 4.69) is 20.2 Å². The van der Waals surface area contributed by atoms with Crippen molar-refractivity contribution in [2.75, 3.05) is 39.4 Å². The molecule has 5 heteroatoms. The Labute approximate surface area is 119 Å². The predicted octanol–water partition coefficient (Wildman–Crippen LogP) is 1.05. The van der Waals surface area contributed by atoms with Crippen LogP contribution < -0.4 is 5.32 Å². The van der Waals surface area contributed by atoms with Gasteiger partial charge in [0, 0.05) is 32.7 Å². The molecule has 106 valence electrons. The summed E-state index contributed by atoms with van der Waals surface area (Å²) in [5.74, 6) is 0. The van der Waals surface area contributed by atoms with Gasteiger partial charge < -0.3 is 10.1 Å². The van der Waals surface area contributed by atoms with Crippen LogP contribution in [0.3, 0.4) is 0 Å². The lowest BCUT2D eigenvalue weighted by Gasteiger charge is -2.26. The molecule has 0 atom stereocenters. The monoisotopic (exact) mass is 272 g/mol. The van der Waals surface area contributed by atoms with Crippen LogP contribution in [0, 0.1) is 0 Å². The molecule has 1 aliphatic heterocycles. The van der Waals surface area contributed by atoms with E-state index < -0.39 is 0 Å². The molecule has 1 aromatic carbocycles. The van der Waals surface area contributed by atoms with Crippen molar-refractivity contribution in [2.24, 2.45) is 0 Å². The number of morpholine rings is 1. The van der Waals surface area contributed by atoms with Gasteiger partial charge in [0.05, 0.1) is 36.1 Å². The molecule has 3 rings (SSSR count). The second-order valence-corrected chi connectivity index (χ2v) is 4.98. The summed E-state index contributed by atoms with van der Waals surface area (Å²) in [4.78, 5) is 11.4. The number of hydrogen-bond acceptors (Lipinski definition) is 5. The maximum Gasteiger partial charge on any atom is 0.0890 e. The first-order chi connectivity index (χ1) is 9.92. The fraction of sp³-hybridized carbons (Fsp3) is 0.467. The molecule has 0 amide bonds. The van der Waals surface area contributed by atoms with Crippen LogP contribution in [0.15, 0.2) is 30.5 Å². The molecule has 20 heavy (non-hydrogen) atoms. The molecule has 1 aliphatic rings. The number of rotatable bonds is 5. The lowest BCUT2D eigenvalue weighted by molar-refractivity contribution is 0.0384. The molecule has 0 spiro atoms. The molecule has 2 heterocycles. The van der Waals surface area contributed by atoms with Gasteiger partial charge in [-0.3, -0.25) is 9.88 Å². The summed E-state index contributed by atoms with van der Waals surface area (Å²) in [7, 11) is 0. The van der Waals surface area contributed by atoms with E-state index in [0.29, 0.717) is 0 Å². The first-order valence-corrected chi connectivity index (χ1v) is 7.13. The Hall–Kier alpha value is -1.56. The number of fused-ring (bicyclic) bond motifs is 1. The van der Waals surface area contributed by atoms with Crippen LogP contribution in [0.2, 0.25) is 0 Å². The van der Waals surface area contributed by atoms with Gasteiger partial charge in [-0.15, -0.1) is 0 Å². The first kappa shape index (κ1) is 13.4. The molecular weight excluding hydrogens is 252 g/mol. The van der Waals surface area contributed by atoms with E-state index in [0.717, 1.165) is 62.7 Å². The number of aromatic nitrogens is 2. The normalized spacial score (nSPS) is 16.6. The number of benzene rings is 1. The predicted molar refractivity (Wildman–Crippen MR) is 78.5 cm³/mol. The molecule has 0 unspecified atom stereocenters. The summed E-state index contributed by atoms with van der Waals surface area (Å²) in [6.07, 6.45) is 1.85. The fourth-order valence-electron chi connectivity index (χ4n) is 2.36. The topological polar surface area (TPSA) is 50.3 Å². The van der Waals surface area contributed by atoms with Crippen LogP contribution in [0.1, 0.15) is 5.69 Å². The van der Waals surface area contributed by atoms with Crippen LogP contribution in [0.5, 0.6) is 0 Å². The van der Waals surface area contributed by atoms with Crippen LogP contribution in [0.4, 0.5) is 0 Å². The van der Waals surface area contributed by atoms with Crippen molar-refractivity contribution in [3.8, 4) is 0 Å². The third-order valence-electron chi connectivity index (χ3n) is 3.51. The van der Waals surface area contributed by atoms with Crippen LogP contribution in [0.25, 0.3) is 11.0 Å². The second-order valence-electron chi connectivity index (χ2n) is 4.98. The van der Waals surface area contributed by atoms with E-state index in [-0.39, 0.29) is 0 Å². The number of para-hydroxylation sites is 2. The Morgan fingerprint density at radius 2 is 1.95 bits per heavy atom. The Kier molecular flexibility index (Phi) is 4.53. The van der Waals surface area contributed by atoms with E-state index in [1.165, 1.54) is 0 Å². The molecule has 5 nitrogen and oxygen atoms in total. The van der Waals surface area contributed by atoms with Crippen molar-refractivity contribution < 1.29 is 4.74 Å². The molecule has 1 N–H and O–H groups in total. The molecule has 1 aromatic heterocycles. The van der Waals surface area contributed by atoms with E-state index in [4.69, 9.17) is 4.74 Å². The largest absolute Gasteiger partial charge is 0.379 e. The quantitative estimate of drug-likeness (QED) is 0.825. The third kappa shape index (κ3) is 3.50. The molecular formula is C15H20N4O. The molecule has 2 aromatic rings. The van der Waals surface area contributed by atoms with Crippen molar-refractivity contribution in [1.82, 2.24) is 20.2 Å². The average Bonchev–Trinajstić information content (AvgIpc) is 2.52.